The Hall–Kier alpha value is -1.39. The molecule has 1 atom stereocenters. The van der Waals surface area contributed by atoms with Crippen LogP contribution in [0, 0.1) is 5.82 Å². The Kier molecular flexibility index (Phi) is 5.15. The van der Waals surface area contributed by atoms with E-state index in [9.17, 15) is 4.39 Å². The second-order valence-corrected chi connectivity index (χ2v) is 5.08. The summed E-state index contributed by atoms with van der Waals surface area (Å²) in [6.45, 7) is 5.60. The normalized spacial score (nSPS) is 12.6. The van der Waals surface area contributed by atoms with E-state index in [0.717, 1.165) is 24.1 Å². The predicted molar refractivity (Wildman–Crippen MR) is 79.4 cm³/mol. The van der Waals surface area contributed by atoms with E-state index in [1.54, 1.807) is 10.7 Å². The van der Waals surface area contributed by atoms with Gasteiger partial charge in [0.1, 0.15) is 5.82 Å². The summed E-state index contributed by atoms with van der Waals surface area (Å²) in [5.74, 6) is -0.393. The van der Waals surface area contributed by atoms with Crippen molar-refractivity contribution in [1.29, 1.82) is 0 Å². The molecular weight excluding hydrogens is 277 g/mol. The highest BCUT2D eigenvalue weighted by molar-refractivity contribution is 6.31. The van der Waals surface area contributed by atoms with E-state index in [-0.39, 0.29) is 5.02 Å². The topological polar surface area (TPSA) is 29.9 Å². The summed E-state index contributed by atoms with van der Waals surface area (Å²) in [6, 6.07) is 5.14. The van der Waals surface area contributed by atoms with Crippen molar-refractivity contribution in [1.82, 2.24) is 15.1 Å². The Bertz CT molecular complexity index is 568. The van der Waals surface area contributed by atoms with E-state index < -0.39 is 5.82 Å². The van der Waals surface area contributed by atoms with Crippen molar-refractivity contribution in [3.05, 3.63) is 52.6 Å². The molecule has 0 bridgehead atoms. The fraction of sp³-hybridized carbons (Fsp3) is 0.400. The van der Waals surface area contributed by atoms with Gasteiger partial charge in [0.05, 0.1) is 17.8 Å². The molecule has 0 saturated carbocycles. The molecule has 0 radical (unpaired) electrons. The highest BCUT2D eigenvalue weighted by Crippen LogP contribution is 2.21. The zero-order valence-corrected chi connectivity index (χ0v) is 12.5. The Morgan fingerprint density at radius 2 is 2.20 bits per heavy atom. The van der Waals surface area contributed by atoms with Crippen LogP contribution < -0.4 is 5.32 Å². The molecule has 20 heavy (non-hydrogen) atoms. The SMILES string of the molecule is CCNC(CC)c1cnn(Cc2cccc(F)c2Cl)c1. The van der Waals surface area contributed by atoms with Crippen LogP contribution in [0.15, 0.2) is 30.6 Å². The zero-order chi connectivity index (χ0) is 14.5. The van der Waals surface area contributed by atoms with Gasteiger partial charge in [-0.1, -0.05) is 37.6 Å². The van der Waals surface area contributed by atoms with Crippen LogP contribution in [0.1, 0.15) is 37.4 Å². The molecule has 1 unspecified atom stereocenters. The fourth-order valence-corrected chi connectivity index (χ4v) is 2.42. The first kappa shape index (κ1) is 15.0. The van der Waals surface area contributed by atoms with Gasteiger partial charge in [0.25, 0.3) is 0 Å². The maximum Gasteiger partial charge on any atom is 0.142 e. The minimum atomic E-state index is -0.393. The van der Waals surface area contributed by atoms with Crippen LogP contribution in [0.5, 0.6) is 0 Å². The lowest BCUT2D eigenvalue weighted by molar-refractivity contribution is 0.536. The molecule has 2 aromatic rings. The first-order chi connectivity index (χ1) is 9.65. The lowest BCUT2D eigenvalue weighted by Crippen LogP contribution is -2.19. The Morgan fingerprint density at radius 1 is 1.40 bits per heavy atom. The van der Waals surface area contributed by atoms with E-state index >= 15 is 0 Å². The first-order valence-electron chi connectivity index (χ1n) is 6.84. The summed E-state index contributed by atoms with van der Waals surface area (Å²) < 4.78 is 15.2. The largest absolute Gasteiger partial charge is 0.310 e. The van der Waals surface area contributed by atoms with Crippen molar-refractivity contribution in [3.8, 4) is 0 Å². The lowest BCUT2D eigenvalue weighted by Gasteiger charge is -2.13. The van der Waals surface area contributed by atoms with Crippen molar-refractivity contribution >= 4 is 11.6 Å². The summed E-state index contributed by atoms with van der Waals surface area (Å²) in [7, 11) is 0. The number of hydrogen-bond donors (Lipinski definition) is 1. The Labute approximate surface area is 123 Å². The highest BCUT2D eigenvalue weighted by atomic mass is 35.5. The minimum Gasteiger partial charge on any atom is -0.310 e. The number of nitrogens with one attached hydrogen (secondary N) is 1. The molecule has 1 heterocycles. The Morgan fingerprint density at radius 3 is 2.90 bits per heavy atom. The van der Waals surface area contributed by atoms with Crippen LogP contribution in [0.4, 0.5) is 4.39 Å². The standard InChI is InChI=1S/C15H19ClFN3/c1-3-14(18-4-2)12-8-19-20(10-12)9-11-6-5-7-13(17)15(11)16/h5-8,10,14,18H,3-4,9H2,1-2H3. The monoisotopic (exact) mass is 295 g/mol. The predicted octanol–water partition coefficient (Wildman–Crippen LogP) is 3.78. The molecule has 108 valence electrons. The van der Waals surface area contributed by atoms with Crippen molar-refractivity contribution in [2.75, 3.05) is 6.54 Å². The third kappa shape index (κ3) is 3.38. The number of aromatic nitrogens is 2. The molecule has 0 fully saturated rings. The average Bonchev–Trinajstić information content (AvgIpc) is 2.89. The molecule has 1 N–H and O–H groups in total. The summed E-state index contributed by atoms with van der Waals surface area (Å²) in [6.07, 6.45) is 4.84. The second-order valence-electron chi connectivity index (χ2n) is 4.70. The van der Waals surface area contributed by atoms with Gasteiger partial charge in [-0.2, -0.15) is 5.10 Å². The maximum atomic E-state index is 13.4. The van der Waals surface area contributed by atoms with Crippen molar-refractivity contribution in [2.45, 2.75) is 32.9 Å². The van der Waals surface area contributed by atoms with E-state index in [1.165, 1.54) is 6.07 Å². The highest BCUT2D eigenvalue weighted by Gasteiger charge is 2.11. The lowest BCUT2D eigenvalue weighted by atomic mass is 10.1. The number of hydrogen-bond acceptors (Lipinski definition) is 2. The third-order valence-electron chi connectivity index (χ3n) is 3.28. The number of rotatable bonds is 6. The molecular formula is C15H19ClFN3. The summed E-state index contributed by atoms with van der Waals surface area (Å²) in [4.78, 5) is 0. The number of halogens is 2. The maximum absolute atomic E-state index is 13.4. The van der Waals surface area contributed by atoms with Gasteiger partial charge in [0, 0.05) is 17.8 Å². The molecule has 1 aromatic heterocycles. The third-order valence-corrected chi connectivity index (χ3v) is 3.70. The smallest absolute Gasteiger partial charge is 0.142 e. The molecule has 2 rings (SSSR count). The first-order valence-corrected chi connectivity index (χ1v) is 7.22. The fourth-order valence-electron chi connectivity index (χ4n) is 2.24. The van der Waals surface area contributed by atoms with Crippen LogP contribution in [0.2, 0.25) is 5.02 Å². The van der Waals surface area contributed by atoms with Crippen molar-refractivity contribution in [3.63, 3.8) is 0 Å². The van der Waals surface area contributed by atoms with E-state index in [2.05, 4.69) is 24.3 Å². The van der Waals surface area contributed by atoms with Crippen molar-refractivity contribution < 1.29 is 4.39 Å². The zero-order valence-electron chi connectivity index (χ0n) is 11.7. The molecule has 0 aliphatic heterocycles. The minimum absolute atomic E-state index is 0.170. The molecule has 5 heteroatoms. The van der Waals surface area contributed by atoms with Gasteiger partial charge >= 0.3 is 0 Å². The van der Waals surface area contributed by atoms with Crippen molar-refractivity contribution in [2.24, 2.45) is 0 Å². The number of benzene rings is 1. The van der Waals surface area contributed by atoms with Gasteiger partial charge in [0.2, 0.25) is 0 Å². The van der Waals surface area contributed by atoms with Gasteiger partial charge in [-0.25, -0.2) is 4.39 Å². The van der Waals surface area contributed by atoms with Gasteiger partial charge < -0.3 is 5.32 Å². The second kappa shape index (κ2) is 6.86. The van der Waals surface area contributed by atoms with Crippen LogP contribution in [0.3, 0.4) is 0 Å². The summed E-state index contributed by atoms with van der Waals surface area (Å²) in [5.41, 5.74) is 1.87. The van der Waals surface area contributed by atoms with Crippen LogP contribution in [0.25, 0.3) is 0 Å². The molecule has 0 aliphatic rings. The van der Waals surface area contributed by atoms with Crippen LogP contribution in [-0.2, 0) is 6.54 Å². The van der Waals surface area contributed by atoms with Gasteiger partial charge in [-0.15, -0.1) is 0 Å². The molecule has 0 amide bonds. The van der Waals surface area contributed by atoms with Crippen LogP contribution in [-0.4, -0.2) is 16.3 Å². The number of nitrogens with zero attached hydrogens (tertiary/aromatic N) is 2. The van der Waals surface area contributed by atoms with Gasteiger partial charge in [0.15, 0.2) is 0 Å². The summed E-state index contributed by atoms with van der Waals surface area (Å²) in [5, 5.41) is 7.91. The molecule has 0 saturated heterocycles. The van der Waals surface area contributed by atoms with E-state index in [4.69, 9.17) is 11.6 Å². The summed E-state index contributed by atoms with van der Waals surface area (Å²) >= 11 is 5.96. The average molecular weight is 296 g/mol. The van der Waals surface area contributed by atoms with Gasteiger partial charge in [-0.05, 0) is 24.6 Å². The molecule has 0 spiro atoms. The molecule has 0 aliphatic carbocycles. The molecule has 3 nitrogen and oxygen atoms in total. The van der Waals surface area contributed by atoms with Crippen LogP contribution >= 0.6 is 11.6 Å². The Balaban J connectivity index is 2.15. The van der Waals surface area contributed by atoms with E-state index in [1.807, 2.05) is 18.5 Å². The molecule has 1 aromatic carbocycles. The van der Waals surface area contributed by atoms with E-state index in [0.29, 0.717) is 12.6 Å². The quantitative estimate of drug-likeness (QED) is 0.879. The van der Waals surface area contributed by atoms with Gasteiger partial charge in [-0.3, -0.25) is 4.68 Å².